The molecule has 5 rings (SSSR count). The fourth-order valence-corrected chi connectivity index (χ4v) is 3.39. The van der Waals surface area contributed by atoms with Crippen LogP contribution in [-0.2, 0) is 0 Å². The number of ether oxygens (including phenoxy) is 1. The minimum absolute atomic E-state index is 0.418. The maximum Gasteiger partial charge on any atom is 0.155 e. The Morgan fingerprint density at radius 1 is 0.733 bits per heavy atom. The summed E-state index contributed by atoms with van der Waals surface area (Å²) in [4.78, 5) is 4.90. The quantitative estimate of drug-likeness (QED) is 0.362. The zero-order valence-electron chi connectivity index (χ0n) is 16.0. The maximum absolute atomic E-state index is 6.13. The second-order valence-corrected chi connectivity index (χ2v) is 6.95. The van der Waals surface area contributed by atoms with Crippen LogP contribution in [0.25, 0.3) is 33.4 Å². The van der Waals surface area contributed by atoms with Crippen molar-refractivity contribution in [2.45, 2.75) is 0 Å². The minimum Gasteiger partial charge on any atom is -0.457 e. The van der Waals surface area contributed by atoms with Gasteiger partial charge in [-0.2, -0.15) is 5.10 Å². The van der Waals surface area contributed by atoms with Crippen molar-refractivity contribution in [1.82, 2.24) is 15.2 Å². The topological polar surface area (TPSA) is 103 Å². The van der Waals surface area contributed by atoms with Crippen molar-refractivity contribution in [2.24, 2.45) is 0 Å². The fourth-order valence-electron chi connectivity index (χ4n) is 3.39. The fraction of sp³-hybridized carbons (Fsp3) is 0. The predicted molar refractivity (Wildman–Crippen MR) is 120 cm³/mol. The van der Waals surface area contributed by atoms with Crippen LogP contribution in [0.1, 0.15) is 0 Å². The number of nitrogen functional groups attached to an aromatic ring is 2. The lowest BCUT2D eigenvalue weighted by Gasteiger charge is -2.10. The lowest BCUT2D eigenvalue weighted by atomic mass is 10.0. The first-order valence-electron chi connectivity index (χ1n) is 9.51. The Labute approximate surface area is 173 Å². The van der Waals surface area contributed by atoms with Gasteiger partial charge in [0.25, 0.3) is 0 Å². The molecule has 0 unspecified atom stereocenters. The molecule has 30 heavy (non-hydrogen) atoms. The number of aromatic amines is 1. The summed E-state index contributed by atoms with van der Waals surface area (Å²) in [5, 5.41) is 7.97. The van der Waals surface area contributed by atoms with Crippen LogP contribution in [0.4, 0.5) is 11.5 Å². The van der Waals surface area contributed by atoms with E-state index in [0.29, 0.717) is 11.5 Å². The smallest absolute Gasteiger partial charge is 0.155 e. The molecular formula is C24H19N5O. The van der Waals surface area contributed by atoms with Gasteiger partial charge in [-0.05, 0) is 54.6 Å². The number of hydrogen-bond donors (Lipinski definition) is 3. The Kier molecular flexibility index (Phi) is 4.29. The van der Waals surface area contributed by atoms with Crippen LogP contribution < -0.4 is 16.2 Å². The van der Waals surface area contributed by atoms with Gasteiger partial charge >= 0.3 is 0 Å². The highest BCUT2D eigenvalue weighted by molar-refractivity contribution is 6.01. The molecule has 0 aliphatic rings. The van der Waals surface area contributed by atoms with Crippen LogP contribution >= 0.6 is 0 Å². The maximum atomic E-state index is 6.13. The highest BCUT2D eigenvalue weighted by atomic mass is 16.5. The van der Waals surface area contributed by atoms with Crippen LogP contribution in [0.2, 0.25) is 0 Å². The summed E-state index contributed by atoms with van der Waals surface area (Å²) in [5.74, 6) is 1.95. The van der Waals surface area contributed by atoms with E-state index in [2.05, 4.69) is 10.2 Å². The first-order chi connectivity index (χ1) is 14.7. The SMILES string of the molecule is Nc1ccc(-c2cc3[nH]nc(N)c3c(-c3ccc(Oc4ccccc4)cc3)n2)cc1. The lowest BCUT2D eigenvalue weighted by Crippen LogP contribution is -1.93. The molecular weight excluding hydrogens is 374 g/mol. The molecule has 6 heteroatoms. The van der Waals surface area contributed by atoms with Crippen LogP contribution in [0.15, 0.2) is 84.9 Å². The minimum atomic E-state index is 0.418. The average Bonchev–Trinajstić information content (AvgIpc) is 3.16. The molecule has 0 spiro atoms. The number of pyridine rings is 1. The highest BCUT2D eigenvalue weighted by Gasteiger charge is 2.15. The number of nitrogens with two attached hydrogens (primary N) is 2. The largest absolute Gasteiger partial charge is 0.457 e. The van der Waals surface area contributed by atoms with Gasteiger partial charge in [0, 0.05) is 16.8 Å². The molecule has 2 heterocycles. The van der Waals surface area contributed by atoms with Gasteiger partial charge in [-0.25, -0.2) is 4.98 Å². The van der Waals surface area contributed by atoms with Gasteiger partial charge in [0.1, 0.15) is 11.5 Å². The Bertz CT molecular complexity index is 1310. The molecule has 0 radical (unpaired) electrons. The molecule has 0 aliphatic heterocycles. The standard InChI is InChI=1S/C24H19N5O/c25-17-10-6-15(7-11-17)20-14-21-22(24(26)29-28-21)23(27-20)16-8-12-19(13-9-16)30-18-4-2-1-3-5-18/h1-14H,25H2,(H3,26,28,29). The molecule has 0 fully saturated rings. The van der Waals surface area contributed by atoms with Crippen molar-refractivity contribution < 1.29 is 4.74 Å². The van der Waals surface area contributed by atoms with Gasteiger partial charge in [0.15, 0.2) is 5.82 Å². The molecule has 0 atom stereocenters. The number of fused-ring (bicyclic) bond motifs is 1. The second-order valence-electron chi connectivity index (χ2n) is 6.95. The van der Waals surface area contributed by atoms with Gasteiger partial charge in [-0.3, -0.25) is 5.10 Å². The Balaban J connectivity index is 1.57. The normalized spacial score (nSPS) is 10.9. The molecule has 3 aromatic carbocycles. The molecule has 0 amide bonds. The van der Waals surface area contributed by atoms with E-state index in [1.807, 2.05) is 84.9 Å². The third-order valence-corrected chi connectivity index (χ3v) is 4.89. The first-order valence-corrected chi connectivity index (χ1v) is 9.51. The number of nitrogens with zero attached hydrogens (tertiary/aromatic N) is 2. The number of hydrogen-bond acceptors (Lipinski definition) is 5. The molecule has 0 aliphatic carbocycles. The molecule has 5 N–H and O–H groups in total. The summed E-state index contributed by atoms with van der Waals surface area (Å²) in [6.07, 6.45) is 0. The van der Waals surface area contributed by atoms with E-state index in [1.54, 1.807) is 0 Å². The molecule has 146 valence electrons. The summed E-state index contributed by atoms with van der Waals surface area (Å²) in [6, 6.07) is 27.0. The van der Waals surface area contributed by atoms with Gasteiger partial charge in [-0.1, -0.05) is 30.3 Å². The van der Waals surface area contributed by atoms with Gasteiger partial charge in [0.05, 0.1) is 22.3 Å². The van der Waals surface area contributed by atoms with Crippen LogP contribution in [0.5, 0.6) is 11.5 Å². The molecule has 0 saturated heterocycles. The van der Waals surface area contributed by atoms with Gasteiger partial charge in [0.2, 0.25) is 0 Å². The van der Waals surface area contributed by atoms with Crippen molar-refractivity contribution in [3.05, 3.63) is 84.9 Å². The molecule has 0 bridgehead atoms. The van der Waals surface area contributed by atoms with Crippen molar-refractivity contribution >= 4 is 22.4 Å². The van der Waals surface area contributed by atoms with E-state index in [9.17, 15) is 0 Å². The number of nitrogens with one attached hydrogen (secondary N) is 1. The number of rotatable bonds is 4. The van der Waals surface area contributed by atoms with Crippen molar-refractivity contribution in [3.8, 4) is 34.0 Å². The van der Waals surface area contributed by atoms with Gasteiger partial charge < -0.3 is 16.2 Å². The van der Waals surface area contributed by atoms with E-state index >= 15 is 0 Å². The highest BCUT2D eigenvalue weighted by Crippen LogP contribution is 2.34. The van der Waals surface area contributed by atoms with Crippen LogP contribution in [0.3, 0.4) is 0 Å². The number of benzene rings is 3. The van der Waals surface area contributed by atoms with Crippen LogP contribution in [-0.4, -0.2) is 15.2 Å². The van der Waals surface area contributed by atoms with E-state index in [-0.39, 0.29) is 0 Å². The predicted octanol–water partition coefficient (Wildman–Crippen LogP) is 5.25. The third kappa shape index (κ3) is 3.31. The summed E-state index contributed by atoms with van der Waals surface area (Å²) in [5.41, 5.74) is 16.9. The second kappa shape index (κ2) is 7.25. The summed E-state index contributed by atoms with van der Waals surface area (Å²) < 4.78 is 5.89. The third-order valence-electron chi connectivity index (χ3n) is 4.89. The van der Waals surface area contributed by atoms with E-state index in [4.69, 9.17) is 21.2 Å². The van der Waals surface area contributed by atoms with E-state index in [1.165, 1.54) is 0 Å². The first kappa shape index (κ1) is 17.8. The Morgan fingerprint density at radius 3 is 2.13 bits per heavy atom. The molecule has 5 aromatic rings. The monoisotopic (exact) mass is 393 g/mol. The number of aromatic nitrogens is 3. The molecule has 2 aromatic heterocycles. The summed E-state index contributed by atoms with van der Waals surface area (Å²) in [7, 11) is 0. The number of para-hydroxylation sites is 1. The van der Waals surface area contributed by atoms with Crippen molar-refractivity contribution in [3.63, 3.8) is 0 Å². The van der Waals surface area contributed by atoms with E-state index < -0.39 is 0 Å². The van der Waals surface area contributed by atoms with Crippen LogP contribution in [0, 0.1) is 0 Å². The Morgan fingerprint density at radius 2 is 1.40 bits per heavy atom. The summed E-state index contributed by atoms with van der Waals surface area (Å²) in [6.45, 7) is 0. The zero-order chi connectivity index (χ0) is 20.5. The van der Waals surface area contributed by atoms with Crippen molar-refractivity contribution in [2.75, 3.05) is 11.5 Å². The summed E-state index contributed by atoms with van der Waals surface area (Å²) >= 11 is 0. The number of H-pyrrole nitrogens is 1. The zero-order valence-corrected chi connectivity index (χ0v) is 16.0. The van der Waals surface area contributed by atoms with Gasteiger partial charge in [-0.15, -0.1) is 0 Å². The average molecular weight is 393 g/mol. The lowest BCUT2D eigenvalue weighted by molar-refractivity contribution is 0.483. The van der Waals surface area contributed by atoms with Crippen molar-refractivity contribution in [1.29, 1.82) is 0 Å². The number of anilines is 2. The Hall–Kier alpha value is -4.32. The van der Waals surface area contributed by atoms with E-state index in [0.717, 1.165) is 44.9 Å². The molecule has 6 nitrogen and oxygen atoms in total. The molecule has 0 saturated carbocycles.